The summed E-state index contributed by atoms with van der Waals surface area (Å²) in [5, 5.41) is 10.8. The van der Waals surface area contributed by atoms with Crippen molar-refractivity contribution < 1.29 is 5.11 Å². The fourth-order valence-electron chi connectivity index (χ4n) is 3.76. The number of aliphatic hydroxyl groups is 1. The lowest BCUT2D eigenvalue weighted by atomic mass is 9.72. The molecule has 1 rings (SSSR count). The third kappa shape index (κ3) is 7.76. The number of alkyl halides is 1. The smallest absolute Gasteiger partial charge is 0.0594 e. The monoisotopic (exact) mass is 544 g/mol. The van der Waals surface area contributed by atoms with Crippen LogP contribution < -0.4 is 0 Å². The summed E-state index contributed by atoms with van der Waals surface area (Å²) < 4.78 is 2.40. The summed E-state index contributed by atoms with van der Waals surface area (Å²) >= 11 is 4.79. The molecule has 0 aromatic rings. The number of rotatable bonds is 8. The van der Waals surface area contributed by atoms with Crippen LogP contribution in [0.1, 0.15) is 66.2 Å². The predicted octanol–water partition coefficient (Wildman–Crippen LogP) is 6.93. The van der Waals surface area contributed by atoms with Gasteiger partial charge in [-0.3, -0.25) is 0 Å². The maximum atomic E-state index is 10.8. The average molecular weight is 544 g/mol. The van der Waals surface area contributed by atoms with Crippen LogP contribution in [0.3, 0.4) is 0 Å². The van der Waals surface area contributed by atoms with Crippen LogP contribution >= 0.6 is 45.2 Å². The second-order valence-electron chi connectivity index (χ2n) is 8.27. The van der Waals surface area contributed by atoms with Gasteiger partial charge < -0.3 is 5.11 Å². The molecular formula is C20H34I2O. The van der Waals surface area contributed by atoms with Crippen LogP contribution in [0.5, 0.6) is 0 Å². The summed E-state index contributed by atoms with van der Waals surface area (Å²) in [6.07, 6.45) is 9.35. The molecular weight excluding hydrogens is 510 g/mol. The van der Waals surface area contributed by atoms with E-state index in [0.717, 1.165) is 22.3 Å². The molecule has 0 amide bonds. The van der Waals surface area contributed by atoms with Gasteiger partial charge in [-0.15, -0.1) is 0 Å². The first-order valence-electron chi connectivity index (χ1n) is 8.92. The Kier molecular flexibility index (Phi) is 9.68. The zero-order valence-electron chi connectivity index (χ0n) is 15.2. The molecule has 134 valence electrons. The van der Waals surface area contributed by atoms with Crippen molar-refractivity contribution in [1.82, 2.24) is 0 Å². The van der Waals surface area contributed by atoms with Crippen molar-refractivity contribution in [2.75, 3.05) is 4.43 Å². The van der Waals surface area contributed by atoms with E-state index < -0.39 is 0 Å². The van der Waals surface area contributed by atoms with E-state index in [2.05, 4.69) is 85.5 Å². The van der Waals surface area contributed by atoms with Crippen molar-refractivity contribution in [2.45, 2.75) is 72.3 Å². The summed E-state index contributed by atoms with van der Waals surface area (Å²) in [7, 11) is 0. The van der Waals surface area contributed by atoms with Gasteiger partial charge in [-0.05, 0) is 96.8 Å². The summed E-state index contributed by atoms with van der Waals surface area (Å²) in [6, 6.07) is 0. The lowest BCUT2D eigenvalue weighted by molar-refractivity contribution is 0.0180. The molecule has 0 aromatic heterocycles. The molecule has 1 saturated carbocycles. The first-order valence-corrected chi connectivity index (χ1v) is 11.5. The van der Waals surface area contributed by atoms with Gasteiger partial charge in [0.25, 0.3) is 0 Å². The van der Waals surface area contributed by atoms with E-state index in [9.17, 15) is 5.11 Å². The van der Waals surface area contributed by atoms with Gasteiger partial charge in [-0.1, -0.05) is 56.0 Å². The van der Waals surface area contributed by atoms with Gasteiger partial charge in [-0.25, -0.2) is 0 Å². The van der Waals surface area contributed by atoms with E-state index in [4.69, 9.17) is 0 Å². The van der Waals surface area contributed by atoms with E-state index >= 15 is 0 Å². The number of hydrogen-bond donors (Lipinski definition) is 1. The van der Waals surface area contributed by atoms with Crippen LogP contribution in [-0.2, 0) is 0 Å². The third-order valence-corrected chi connectivity index (χ3v) is 7.54. The van der Waals surface area contributed by atoms with E-state index in [0.29, 0.717) is 11.8 Å². The van der Waals surface area contributed by atoms with Gasteiger partial charge in [0.05, 0.1) is 6.10 Å². The Balaban J connectivity index is 2.51. The van der Waals surface area contributed by atoms with E-state index in [1.165, 1.54) is 35.7 Å². The lowest BCUT2D eigenvalue weighted by Gasteiger charge is -2.36. The standard InChI is InChI=1S/C20H34I2O/c1-14(16(3)22)10-11-20(4,5)12-15(2)19(23)18-8-6-17(13-21)7-9-18/h10,15,17-19,23H,3,6-9,11-13H2,1-2,4-5H3/b14-10+/t15-,17?,18?,19+/m1/s1. The molecule has 1 nitrogen and oxygen atoms in total. The van der Waals surface area contributed by atoms with Gasteiger partial charge in [0.2, 0.25) is 0 Å². The maximum absolute atomic E-state index is 10.8. The van der Waals surface area contributed by atoms with Gasteiger partial charge in [0.1, 0.15) is 0 Å². The molecule has 0 bridgehead atoms. The van der Waals surface area contributed by atoms with Gasteiger partial charge >= 0.3 is 0 Å². The number of hydrogen-bond acceptors (Lipinski definition) is 1. The van der Waals surface area contributed by atoms with E-state index in [1.54, 1.807) is 0 Å². The Hall–Kier alpha value is 0.900. The van der Waals surface area contributed by atoms with Crippen molar-refractivity contribution in [3.05, 3.63) is 21.8 Å². The van der Waals surface area contributed by atoms with E-state index in [-0.39, 0.29) is 11.5 Å². The number of halogens is 2. The molecule has 0 saturated heterocycles. The quantitative estimate of drug-likeness (QED) is 0.200. The summed E-state index contributed by atoms with van der Waals surface area (Å²) in [6.45, 7) is 13.0. The van der Waals surface area contributed by atoms with Crippen molar-refractivity contribution >= 4 is 45.2 Å². The van der Waals surface area contributed by atoms with Crippen LogP contribution in [0.2, 0.25) is 0 Å². The Morgan fingerprint density at radius 2 is 1.87 bits per heavy atom. The highest BCUT2D eigenvalue weighted by Gasteiger charge is 2.31. The molecule has 0 heterocycles. The largest absolute Gasteiger partial charge is 0.393 e. The zero-order valence-corrected chi connectivity index (χ0v) is 19.6. The first-order chi connectivity index (χ1) is 10.7. The maximum Gasteiger partial charge on any atom is 0.0594 e. The summed E-state index contributed by atoms with van der Waals surface area (Å²) in [5.41, 5.74) is 1.51. The molecule has 0 unspecified atom stereocenters. The minimum Gasteiger partial charge on any atom is -0.393 e. The van der Waals surface area contributed by atoms with Crippen molar-refractivity contribution in [3.63, 3.8) is 0 Å². The molecule has 23 heavy (non-hydrogen) atoms. The minimum absolute atomic E-state index is 0.131. The van der Waals surface area contributed by atoms with Crippen molar-refractivity contribution in [3.8, 4) is 0 Å². The van der Waals surface area contributed by atoms with Gasteiger partial charge in [-0.2, -0.15) is 0 Å². The molecule has 3 heteroatoms. The fourth-order valence-corrected chi connectivity index (χ4v) is 4.87. The number of aliphatic hydroxyl groups excluding tert-OH is 1. The van der Waals surface area contributed by atoms with Crippen molar-refractivity contribution in [1.29, 1.82) is 0 Å². The van der Waals surface area contributed by atoms with E-state index in [1.807, 2.05) is 0 Å². The second kappa shape index (κ2) is 10.1. The Bertz CT molecular complexity index is 406. The molecule has 1 aliphatic carbocycles. The minimum atomic E-state index is -0.131. The molecule has 0 radical (unpaired) electrons. The molecule has 1 fully saturated rings. The third-order valence-electron chi connectivity index (χ3n) is 5.44. The van der Waals surface area contributed by atoms with Crippen LogP contribution in [0.25, 0.3) is 0 Å². The lowest BCUT2D eigenvalue weighted by Crippen LogP contribution is -2.33. The summed E-state index contributed by atoms with van der Waals surface area (Å²) in [5.74, 6) is 1.79. The Labute approximate surface area is 171 Å². The normalized spacial score (nSPS) is 26.0. The predicted molar refractivity (Wildman–Crippen MR) is 119 cm³/mol. The number of allylic oxidation sites excluding steroid dienone is 3. The highest BCUT2D eigenvalue weighted by Crippen LogP contribution is 2.38. The molecule has 0 spiro atoms. The topological polar surface area (TPSA) is 20.2 Å². The first kappa shape index (κ1) is 21.9. The average Bonchev–Trinajstić information content (AvgIpc) is 2.51. The molecule has 0 aromatic carbocycles. The summed E-state index contributed by atoms with van der Waals surface area (Å²) in [4.78, 5) is 0. The highest BCUT2D eigenvalue weighted by molar-refractivity contribution is 14.1. The molecule has 0 aliphatic heterocycles. The van der Waals surface area contributed by atoms with Crippen LogP contribution in [0.4, 0.5) is 0 Å². The fraction of sp³-hybridized carbons (Fsp3) is 0.800. The molecule has 1 aliphatic rings. The Morgan fingerprint density at radius 3 is 2.35 bits per heavy atom. The van der Waals surface area contributed by atoms with Gasteiger partial charge in [0, 0.05) is 8.01 Å². The molecule has 1 N–H and O–H groups in total. The highest BCUT2D eigenvalue weighted by atomic mass is 127. The van der Waals surface area contributed by atoms with Gasteiger partial charge in [0.15, 0.2) is 0 Å². The van der Waals surface area contributed by atoms with Crippen molar-refractivity contribution in [2.24, 2.45) is 23.2 Å². The van der Waals surface area contributed by atoms with Crippen LogP contribution in [0.15, 0.2) is 21.8 Å². The second-order valence-corrected chi connectivity index (χ2v) is 10.5. The Morgan fingerprint density at radius 1 is 1.30 bits per heavy atom. The van der Waals surface area contributed by atoms with Crippen LogP contribution in [-0.4, -0.2) is 15.6 Å². The SMILES string of the molecule is C=C(I)/C(C)=C/CC(C)(C)C[C@@H](C)[C@H](O)C1CCC(CI)CC1. The van der Waals surface area contributed by atoms with Crippen LogP contribution in [0, 0.1) is 23.2 Å². The zero-order chi connectivity index (χ0) is 17.6. The molecule has 2 atom stereocenters.